The van der Waals surface area contributed by atoms with E-state index in [4.69, 9.17) is 0 Å². The third-order valence-corrected chi connectivity index (χ3v) is 0. The summed E-state index contributed by atoms with van der Waals surface area (Å²) in [5.74, 6) is 0. The van der Waals surface area contributed by atoms with Crippen molar-refractivity contribution in [2.45, 2.75) is 0 Å². The molecule has 0 rings (SSSR count). The number of quaternary nitrogens is 3. The van der Waals surface area contributed by atoms with Crippen LogP contribution in [0, 0.1) is 0 Å². The third kappa shape index (κ3) is 3490. The van der Waals surface area contributed by atoms with Crippen molar-refractivity contribution >= 4 is 0 Å². The maximum Gasteiger partial charge on any atom is 0.0675 e. The topological polar surface area (TPSA) is 0 Å². The minimum atomic E-state index is 0. The molecule has 0 fully saturated rings. The SMILES string of the molecule is C[N+](C)(C)C.C[N+](C)(C)C.C[N+](C)(C)C.[Br-].[Br-].[Cl-]. The van der Waals surface area contributed by atoms with Gasteiger partial charge in [-0.3, -0.25) is 0 Å². The number of halogens is 3. The molecule has 0 aliphatic heterocycles. The summed E-state index contributed by atoms with van der Waals surface area (Å²) in [6, 6.07) is 0. The van der Waals surface area contributed by atoms with E-state index in [0.717, 1.165) is 13.4 Å². The average Bonchev–Trinajstić information content (AvgIpc) is 1.41. The fourth-order valence-electron chi connectivity index (χ4n) is 0. The summed E-state index contributed by atoms with van der Waals surface area (Å²) in [5.41, 5.74) is 0. The van der Waals surface area contributed by atoms with Gasteiger partial charge in [-0.15, -0.1) is 0 Å². The van der Waals surface area contributed by atoms with E-state index in [0.29, 0.717) is 0 Å². The van der Waals surface area contributed by atoms with Crippen LogP contribution in [0.15, 0.2) is 0 Å². The molecule has 0 atom stereocenters. The molecule has 18 heavy (non-hydrogen) atoms. The van der Waals surface area contributed by atoms with Crippen LogP contribution in [0.3, 0.4) is 0 Å². The van der Waals surface area contributed by atoms with Crippen molar-refractivity contribution in [2.75, 3.05) is 84.6 Å². The Labute approximate surface area is 144 Å². The summed E-state index contributed by atoms with van der Waals surface area (Å²) in [7, 11) is 25.5. The molecule has 0 amide bonds. The molecule has 0 saturated carbocycles. The molecular weight excluding hydrogens is 381 g/mol. The molecule has 0 N–H and O–H groups in total. The molecular formula is C12H36Br2ClN3. The molecule has 0 aromatic carbocycles. The van der Waals surface area contributed by atoms with Gasteiger partial charge < -0.3 is 59.8 Å². The maximum absolute atomic E-state index is 2.12. The van der Waals surface area contributed by atoms with E-state index in [1.54, 1.807) is 0 Å². The zero-order valence-electron chi connectivity index (χ0n) is 14.5. The van der Waals surface area contributed by atoms with Gasteiger partial charge in [0.1, 0.15) is 0 Å². The minimum Gasteiger partial charge on any atom is -1.00 e. The summed E-state index contributed by atoms with van der Waals surface area (Å²) in [5, 5.41) is 0. The van der Waals surface area contributed by atoms with Gasteiger partial charge in [0.15, 0.2) is 0 Å². The predicted molar refractivity (Wildman–Crippen MR) is 71.9 cm³/mol. The first kappa shape index (κ1) is 36.5. The van der Waals surface area contributed by atoms with Crippen LogP contribution in [-0.2, 0) is 0 Å². The monoisotopic (exact) mass is 415 g/mol. The van der Waals surface area contributed by atoms with Crippen molar-refractivity contribution < 1.29 is 59.8 Å². The summed E-state index contributed by atoms with van der Waals surface area (Å²) in [6.45, 7) is 0. The smallest absolute Gasteiger partial charge is 0.0675 e. The lowest BCUT2D eigenvalue weighted by molar-refractivity contribution is -0.849. The lowest BCUT2D eigenvalue weighted by Gasteiger charge is -2.14. The predicted octanol–water partition coefficient (Wildman–Crippen LogP) is -8.02. The normalized spacial score (nSPS) is 10.0. The molecule has 3 nitrogen and oxygen atoms in total. The molecule has 120 valence electrons. The Morgan fingerprint density at radius 1 is 0.333 bits per heavy atom. The van der Waals surface area contributed by atoms with Gasteiger partial charge in [0, 0.05) is 0 Å². The van der Waals surface area contributed by atoms with Crippen LogP contribution in [0.5, 0.6) is 0 Å². The second-order valence-corrected chi connectivity index (χ2v) is 8.05. The number of nitrogens with zero attached hydrogens (tertiary/aromatic N) is 3. The highest BCUT2D eigenvalue weighted by Gasteiger charge is 1.89. The van der Waals surface area contributed by atoms with Crippen molar-refractivity contribution in [1.29, 1.82) is 0 Å². The molecule has 0 radical (unpaired) electrons. The van der Waals surface area contributed by atoms with E-state index < -0.39 is 0 Å². The van der Waals surface area contributed by atoms with Crippen LogP contribution in [-0.4, -0.2) is 98.0 Å². The Bertz CT molecular complexity index is 100. The summed E-state index contributed by atoms with van der Waals surface area (Å²) in [6.07, 6.45) is 0. The third-order valence-electron chi connectivity index (χ3n) is 0. The van der Waals surface area contributed by atoms with E-state index in [-0.39, 0.29) is 46.4 Å². The van der Waals surface area contributed by atoms with Gasteiger partial charge in [0.2, 0.25) is 0 Å². The van der Waals surface area contributed by atoms with Crippen LogP contribution >= 0.6 is 0 Å². The first-order valence-electron chi connectivity index (χ1n) is 5.37. The average molecular weight is 418 g/mol. The van der Waals surface area contributed by atoms with Crippen molar-refractivity contribution in [3.05, 3.63) is 0 Å². The lowest BCUT2D eigenvalue weighted by atomic mass is 10.8. The largest absolute Gasteiger partial charge is 1.00 e. The Balaban J connectivity index is -0.0000000277. The van der Waals surface area contributed by atoms with Crippen molar-refractivity contribution in [3.8, 4) is 0 Å². The van der Waals surface area contributed by atoms with Crippen molar-refractivity contribution in [1.82, 2.24) is 0 Å². The van der Waals surface area contributed by atoms with E-state index in [1.165, 1.54) is 0 Å². The van der Waals surface area contributed by atoms with E-state index in [2.05, 4.69) is 84.6 Å². The highest BCUT2D eigenvalue weighted by molar-refractivity contribution is 3.88. The molecule has 0 spiro atoms. The second kappa shape index (κ2) is 14.5. The van der Waals surface area contributed by atoms with Crippen LogP contribution in [0.2, 0.25) is 0 Å². The second-order valence-electron chi connectivity index (χ2n) is 8.05. The van der Waals surface area contributed by atoms with Gasteiger partial charge in [-0.25, -0.2) is 0 Å². The zero-order valence-corrected chi connectivity index (χ0v) is 18.4. The molecule has 0 unspecified atom stereocenters. The van der Waals surface area contributed by atoms with Crippen LogP contribution in [0.1, 0.15) is 0 Å². The number of hydrogen-bond donors (Lipinski definition) is 0. The zero-order chi connectivity index (χ0) is 13.5. The fraction of sp³-hybridized carbons (Fsp3) is 1.00. The van der Waals surface area contributed by atoms with E-state index in [9.17, 15) is 0 Å². The van der Waals surface area contributed by atoms with Gasteiger partial charge in [-0.1, -0.05) is 0 Å². The lowest BCUT2D eigenvalue weighted by Crippen LogP contribution is -3.00. The summed E-state index contributed by atoms with van der Waals surface area (Å²) < 4.78 is 3.00. The molecule has 0 aromatic heterocycles. The van der Waals surface area contributed by atoms with Gasteiger partial charge in [-0.05, 0) is 0 Å². The first-order valence-corrected chi connectivity index (χ1v) is 5.37. The molecule has 0 saturated heterocycles. The molecule has 6 heteroatoms. The minimum absolute atomic E-state index is 0. The molecule has 0 bridgehead atoms. The van der Waals surface area contributed by atoms with E-state index in [1.807, 2.05) is 0 Å². The van der Waals surface area contributed by atoms with E-state index >= 15 is 0 Å². The molecule has 0 aliphatic rings. The Kier molecular flexibility index (Phi) is 29.5. The highest BCUT2D eigenvalue weighted by atomic mass is 79.9. The Hall–Kier alpha value is 1.13. The van der Waals surface area contributed by atoms with Crippen molar-refractivity contribution in [2.24, 2.45) is 0 Å². The van der Waals surface area contributed by atoms with Gasteiger partial charge in [0.25, 0.3) is 0 Å². The highest BCUT2D eigenvalue weighted by Crippen LogP contribution is 1.74. The molecule has 0 aliphatic carbocycles. The fourth-order valence-corrected chi connectivity index (χ4v) is 0. The summed E-state index contributed by atoms with van der Waals surface area (Å²) in [4.78, 5) is 0. The quantitative estimate of drug-likeness (QED) is 0.344. The molecule has 0 aromatic rings. The standard InChI is InChI=1S/3C4H12N.2BrH.ClH/c3*1-5(2,3)4;;;/h3*1-4H3;3*1H/q3*+1;;;/p-3. The molecule has 0 heterocycles. The van der Waals surface area contributed by atoms with Crippen LogP contribution < -0.4 is 46.4 Å². The summed E-state index contributed by atoms with van der Waals surface area (Å²) >= 11 is 0. The van der Waals surface area contributed by atoms with Crippen molar-refractivity contribution in [3.63, 3.8) is 0 Å². The van der Waals surface area contributed by atoms with Crippen LogP contribution in [0.4, 0.5) is 0 Å². The first-order chi connectivity index (χ1) is 6.00. The number of rotatable bonds is 0. The maximum atomic E-state index is 2.12. The van der Waals surface area contributed by atoms with Crippen LogP contribution in [0.25, 0.3) is 0 Å². The Morgan fingerprint density at radius 2 is 0.333 bits per heavy atom. The van der Waals surface area contributed by atoms with Gasteiger partial charge >= 0.3 is 0 Å². The Morgan fingerprint density at radius 3 is 0.333 bits per heavy atom. The van der Waals surface area contributed by atoms with Gasteiger partial charge in [-0.2, -0.15) is 0 Å². The van der Waals surface area contributed by atoms with Gasteiger partial charge in [0.05, 0.1) is 84.6 Å². The number of hydrogen-bond acceptors (Lipinski definition) is 0.